The third-order valence-electron chi connectivity index (χ3n) is 2.37. The maximum absolute atomic E-state index is 13.5. The van der Waals surface area contributed by atoms with Gasteiger partial charge in [-0.15, -0.1) is 0 Å². The van der Waals surface area contributed by atoms with Crippen molar-refractivity contribution < 1.29 is 4.39 Å². The van der Waals surface area contributed by atoms with Gasteiger partial charge in [0.15, 0.2) is 11.6 Å². The van der Waals surface area contributed by atoms with E-state index in [9.17, 15) is 4.39 Å². The first-order chi connectivity index (χ1) is 8.69. The second-order valence-corrected chi connectivity index (χ2v) is 3.91. The van der Waals surface area contributed by atoms with E-state index >= 15 is 0 Å². The number of nitrogens with zero attached hydrogens (tertiary/aromatic N) is 4. The fourth-order valence-corrected chi connectivity index (χ4v) is 1.56. The van der Waals surface area contributed by atoms with Crippen LogP contribution in [-0.2, 0) is 6.54 Å². The minimum atomic E-state index is -0.471. The average Bonchev–Trinajstić information content (AvgIpc) is 2.84. The van der Waals surface area contributed by atoms with Crippen LogP contribution in [0.2, 0.25) is 0 Å². The van der Waals surface area contributed by atoms with E-state index < -0.39 is 5.82 Å². The maximum atomic E-state index is 13.5. The lowest BCUT2D eigenvalue weighted by molar-refractivity contribution is 0.551. The van der Waals surface area contributed by atoms with Crippen LogP contribution in [0, 0.1) is 5.82 Å². The minimum Gasteiger partial charge on any atom is -0.363 e. The molecule has 1 atom stereocenters. The van der Waals surface area contributed by atoms with Crippen molar-refractivity contribution in [3.63, 3.8) is 0 Å². The summed E-state index contributed by atoms with van der Waals surface area (Å²) in [5.41, 5.74) is 0. The summed E-state index contributed by atoms with van der Waals surface area (Å²) in [4.78, 5) is 7.81. The van der Waals surface area contributed by atoms with Gasteiger partial charge in [-0.2, -0.15) is 10.1 Å². The van der Waals surface area contributed by atoms with E-state index in [4.69, 9.17) is 0 Å². The molecule has 0 fully saturated rings. The monoisotopic (exact) mass is 250 g/mol. The van der Waals surface area contributed by atoms with E-state index in [0.29, 0.717) is 12.5 Å². The SMILES string of the molecule is CNc1ncc(F)c(NC(C)Cn2cccn2)n1. The summed E-state index contributed by atoms with van der Waals surface area (Å²) in [6.45, 7) is 2.56. The summed E-state index contributed by atoms with van der Waals surface area (Å²) < 4.78 is 15.3. The van der Waals surface area contributed by atoms with Gasteiger partial charge in [0.05, 0.1) is 12.7 Å². The number of aromatic nitrogens is 4. The number of nitrogens with one attached hydrogen (secondary N) is 2. The van der Waals surface area contributed by atoms with E-state index in [1.165, 1.54) is 0 Å². The molecule has 0 bridgehead atoms. The Labute approximate surface area is 104 Å². The van der Waals surface area contributed by atoms with E-state index in [2.05, 4.69) is 25.7 Å². The molecule has 18 heavy (non-hydrogen) atoms. The second-order valence-electron chi connectivity index (χ2n) is 3.91. The van der Waals surface area contributed by atoms with Gasteiger partial charge >= 0.3 is 0 Å². The molecule has 6 nitrogen and oxygen atoms in total. The van der Waals surface area contributed by atoms with Gasteiger partial charge in [0.25, 0.3) is 0 Å². The summed E-state index contributed by atoms with van der Waals surface area (Å²) in [5.74, 6) is 0.0977. The molecule has 2 aromatic rings. The maximum Gasteiger partial charge on any atom is 0.224 e. The lowest BCUT2D eigenvalue weighted by Crippen LogP contribution is -2.23. The smallest absolute Gasteiger partial charge is 0.224 e. The Kier molecular flexibility index (Phi) is 3.71. The van der Waals surface area contributed by atoms with Crippen LogP contribution < -0.4 is 10.6 Å². The molecule has 2 heterocycles. The molecule has 2 N–H and O–H groups in total. The lowest BCUT2D eigenvalue weighted by Gasteiger charge is -2.15. The molecule has 0 amide bonds. The van der Waals surface area contributed by atoms with Gasteiger partial charge in [0.1, 0.15) is 0 Å². The average molecular weight is 250 g/mol. The minimum absolute atomic E-state index is 0.000920. The van der Waals surface area contributed by atoms with Crippen molar-refractivity contribution in [1.82, 2.24) is 19.7 Å². The fourth-order valence-electron chi connectivity index (χ4n) is 1.56. The standard InChI is InChI=1S/C11H15FN6/c1-8(7-18-5-3-4-15-18)16-10-9(12)6-14-11(13-2)17-10/h3-6,8H,7H2,1-2H3,(H2,13,14,16,17). The topological polar surface area (TPSA) is 67.7 Å². The van der Waals surface area contributed by atoms with E-state index in [-0.39, 0.29) is 11.9 Å². The molecule has 96 valence electrons. The second kappa shape index (κ2) is 5.44. The number of hydrogen-bond donors (Lipinski definition) is 2. The van der Waals surface area contributed by atoms with Gasteiger partial charge in [0, 0.05) is 25.5 Å². The van der Waals surface area contributed by atoms with E-state index in [1.54, 1.807) is 17.9 Å². The summed E-state index contributed by atoms with van der Waals surface area (Å²) in [7, 11) is 1.68. The van der Waals surface area contributed by atoms with Gasteiger partial charge in [-0.05, 0) is 13.0 Å². The summed E-state index contributed by atoms with van der Waals surface area (Å²) >= 11 is 0. The Balaban J connectivity index is 2.04. The number of halogens is 1. The summed E-state index contributed by atoms with van der Waals surface area (Å²) in [6, 6.07) is 1.84. The quantitative estimate of drug-likeness (QED) is 0.838. The Hall–Kier alpha value is -2.18. The highest BCUT2D eigenvalue weighted by Crippen LogP contribution is 2.13. The molecule has 0 spiro atoms. The van der Waals surface area contributed by atoms with Crippen LogP contribution in [0.25, 0.3) is 0 Å². The van der Waals surface area contributed by atoms with Crippen LogP contribution in [0.1, 0.15) is 6.92 Å². The molecule has 0 aromatic carbocycles. The molecule has 0 aliphatic carbocycles. The Bertz CT molecular complexity index is 498. The number of hydrogen-bond acceptors (Lipinski definition) is 5. The molecule has 0 radical (unpaired) electrons. The Morgan fingerprint density at radius 3 is 3.00 bits per heavy atom. The molecule has 0 aliphatic heterocycles. The number of anilines is 2. The largest absolute Gasteiger partial charge is 0.363 e. The van der Waals surface area contributed by atoms with Gasteiger partial charge in [0.2, 0.25) is 5.95 Å². The molecule has 0 saturated carbocycles. The molecule has 0 aliphatic rings. The van der Waals surface area contributed by atoms with Crippen molar-refractivity contribution in [3.8, 4) is 0 Å². The van der Waals surface area contributed by atoms with E-state index in [0.717, 1.165) is 6.20 Å². The zero-order chi connectivity index (χ0) is 13.0. The van der Waals surface area contributed by atoms with Crippen molar-refractivity contribution in [2.45, 2.75) is 19.5 Å². The van der Waals surface area contributed by atoms with Gasteiger partial charge in [-0.3, -0.25) is 4.68 Å². The molecular weight excluding hydrogens is 235 g/mol. The fraction of sp³-hybridized carbons (Fsp3) is 0.364. The van der Waals surface area contributed by atoms with Crippen molar-refractivity contribution in [2.75, 3.05) is 17.7 Å². The molecule has 0 saturated heterocycles. The first kappa shape index (κ1) is 12.3. The molecule has 2 aromatic heterocycles. The van der Waals surface area contributed by atoms with Crippen LogP contribution in [0.15, 0.2) is 24.7 Å². The van der Waals surface area contributed by atoms with Crippen LogP contribution >= 0.6 is 0 Å². The normalized spacial score (nSPS) is 12.2. The first-order valence-corrected chi connectivity index (χ1v) is 5.63. The first-order valence-electron chi connectivity index (χ1n) is 5.63. The van der Waals surface area contributed by atoms with E-state index in [1.807, 2.05) is 19.2 Å². The van der Waals surface area contributed by atoms with Crippen molar-refractivity contribution in [3.05, 3.63) is 30.5 Å². The van der Waals surface area contributed by atoms with Gasteiger partial charge in [-0.1, -0.05) is 0 Å². The van der Waals surface area contributed by atoms with Gasteiger partial charge in [-0.25, -0.2) is 9.37 Å². The molecule has 2 rings (SSSR count). The van der Waals surface area contributed by atoms with Crippen molar-refractivity contribution >= 4 is 11.8 Å². The third-order valence-corrected chi connectivity index (χ3v) is 2.37. The molecular formula is C11H15FN6. The predicted octanol–water partition coefficient (Wildman–Crippen LogP) is 1.35. The lowest BCUT2D eigenvalue weighted by atomic mass is 10.3. The summed E-state index contributed by atoms with van der Waals surface area (Å²) in [5, 5.41) is 9.85. The third kappa shape index (κ3) is 2.93. The summed E-state index contributed by atoms with van der Waals surface area (Å²) in [6.07, 6.45) is 4.70. The predicted molar refractivity (Wildman–Crippen MR) is 66.8 cm³/mol. The molecule has 7 heteroatoms. The zero-order valence-corrected chi connectivity index (χ0v) is 10.3. The zero-order valence-electron chi connectivity index (χ0n) is 10.3. The van der Waals surface area contributed by atoms with Crippen LogP contribution in [0.3, 0.4) is 0 Å². The Morgan fingerprint density at radius 2 is 2.33 bits per heavy atom. The highest BCUT2D eigenvalue weighted by molar-refractivity contribution is 5.41. The highest BCUT2D eigenvalue weighted by atomic mass is 19.1. The van der Waals surface area contributed by atoms with Crippen molar-refractivity contribution in [1.29, 1.82) is 0 Å². The van der Waals surface area contributed by atoms with Crippen LogP contribution in [0.4, 0.5) is 16.2 Å². The molecule has 1 unspecified atom stereocenters. The number of rotatable bonds is 5. The van der Waals surface area contributed by atoms with Crippen LogP contribution in [0.5, 0.6) is 0 Å². The van der Waals surface area contributed by atoms with Gasteiger partial charge < -0.3 is 10.6 Å². The van der Waals surface area contributed by atoms with Crippen LogP contribution in [-0.4, -0.2) is 32.8 Å². The highest BCUT2D eigenvalue weighted by Gasteiger charge is 2.10. The van der Waals surface area contributed by atoms with Crippen molar-refractivity contribution in [2.24, 2.45) is 0 Å². The Morgan fingerprint density at radius 1 is 1.50 bits per heavy atom.